The van der Waals surface area contributed by atoms with Crippen molar-refractivity contribution in [3.8, 4) is 0 Å². The Balaban J connectivity index is 2.48. The molecule has 1 heterocycles. The summed E-state index contributed by atoms with van der Waals surface area (Å²) in [4.78, 5) is 2.09. The lowest BCUT2D eigenvalue weighted by Gasteiger charge is -2.12. The summed E-state index contributed by atoms with van der Waals surface area (Å²) < 4.78 is 26.4. The van der Waals surface area contributed by atoms with Crippen LogP contribution in [0.15, 0.2) is 0 Å². The molecule has 5 heteroatoms. The quantitative estimate of drug-likeness (QED) is 0.582. The lowest BCUT2D eigenvalue weighted by molar-refractivity contribution is 0.217. The normalized spacial score (nSPS) is 32.6. The first-order valence-electron chi connectivity index (χ1n) is 3.97. The van der Waals surface area contributed by atoms with E-state index in [1.165, 1.54) is 0 Å². The number of hydrogen-bond acceptors (Lipinski definition) is 4. The van der Waals surface area contributed by atoms with Gasteiger partial charge in [0.15, 0.2) is 0 Å². The molecular weight excluding hydrogens is 178 g/mol. The van der Waals surface area contributed by atoms with E-state index in [9.17, 15) is 8.42 Å². The van der Waals surface area contributed by atoms with Crippen LogP contribution in [0.4, 0.5) is 0 Å². The van der Waals surface area contributed by atoms with Crippen molar-refractivity contribution in [2.45, 2.75) is 25.5 Å². The first-order valence-corrected chi connectivity index (χ1v) is 5.78. The standard InChI is InChI=1S/C7H15NO3S/c1-6-4-7(5-8(6)2)11-12(3,9)10/h6-7H,4-5H2,1-3H3/t6-,7?/m1/s1. The van der Waals surface area contributed by atoms with Crippen LogP contribution < -0.4 is 0 Å². The molecule has 1 aliphatic rings. The van der Waals surface area contributed by atoms with Gasteiger partial charge in [-0.05, 0) is 20.4 Å². The molecule has 0 amide bonds. The average Bonchev–Trinajstić information content (AvgIpc) is 2.07. The summed E-state index contributed by atoms with van der Waals surface area (Å²) in [6.07, 6.45) is 1.74. The summed E-state index contributed by atoms with van der Waals surface area (Å²) >= 11 is 0. The van der Waals surface area contributed by atoms with Crippen LogP contribution in [0, 0.1) is 0 Å². The molecule has 0 aromatic rings. The molecule has 0 spiro atoms. The van der Waals surface area contributed by atoms with Crippen LogP contribution in [0.25, 0.3) is 0 Å². The molecule has 2 atom stereocenters. The molecule has 0 radical (unpaired) electrons. The molecule has 1 fully saturated rings. The minimum Gasteiger partial charge on any atom is -0.301 e. The Bertz CT molecular complexity index is 239. The summed E-state index contributed by atoms with van der Waals surface area (Å²) in [6.45, 7) is 2.76. The summed E-state index contributed by atoms with van der Waals surface area (Å²) in [5.41, 5.74) is 0. The van der Waals surface area contributed by atoms with Crippen LogP contribution in [0.3, 0.4) is 0 Å². The fourth-order valence-electron chi connectivity index (χ4n) is 1.45. The third kappa shape index (κ3) is 2.73. The highest BCUT2D eigenvalue weighted by molar-refractivity contribution is 7.86. The molecule has 1 saturated heterocycles. The third-order valence-corrected chi connectivity index (χ3v) is 2.78. The van der Waals surface area contributed by atoms with Gasteiger partial charge in [0.05, 0.1) is 12.4 Å². The van der Waals surface area contributed by atoms with Crippen LogP contribution in [0.2, 0.25) is 0 Å². The highest BCUT2D eigenvalue weighted by atomic mass is 32.2. The zero-order chi connectivity index (χ0) is 9.35. The zero-order valence-corrected chi connectivity index (χ0v) is 8.47. The van der Waals surface area contributed by atoms with Crippen molar-refractivity contribution in [1.82, 2.24) is 4.90 Å². The van der Waals surface area contributed by atoms with E-state index in [2.05, 4.69) is 11.8 Å². The molecular formula is C7H15NO3S. The minimum absolute atomic E-state index is 0.153. The van der Waals surface area contributed by atoms with Crippen LogP contribution in [0.5, 0.6) is 0 Å². The molecule has 0 N–H and O–H groups in total. The van der Waals surface area contributed by atoms with Crippen LogP contribution in [-0.2, 0) is 14.3 Å². The maximum Gasteiger partial charge on any atom is 0.264 e. The topological polar surface area (TPSA) is 46.6 Å². The van der Waals surface area contributed by atoms with Crippen molar-refractivity contribution in [3.63, 3.8) is 0 Å². The van der Waals surface area contributed by atoms with E-state index in [-0.39, 0.29) is 6.10 Å². The van der Waals surface area contributed by atoms with E-state index in [0.29, 0.717) is 12.6 Å². The molecule has 12 heavy (non-hydrogen) atoms. The van der Waals surface area contributed by atoms with E-state index < -0.39 is 10.1 Å². The van der Waals surface area contributed by atoms with E-state index in [4.69, 9.17) is 4.18 Å². The Morgan fingerprint density at radius 3 is 2.42 bits per heavy atom. The SMILES string of the molecule is C[C@@H]1CC(OS(C)(=O)=O)CN1C. The molecule has 72 valence electrons. The van der Waals surface area contributed by atoms with Gasteiger partial charge in [-0.15, -0.1) is 0 Å². The maximum atomic E-state index is 10.8. The third-order valence-electron chi connectivity index (χ3n) is 2.16. The van der Waals surface area contributed by atoms with Crippen molar-refractivity contribution in [2.24, 2.45) is 0 Å². The van der Waals surface area contributed by atoms with Crippen molar-refractivity contribution in [2.75, 3.05) is 19.8 Å². The van der Waals surface area contributed by atoms with Gasteiger partial charge in [-0.25, -0.2) is 0 Å². The number of likely N-dealkylation sites (N-methyl/N-ethyl adjacent to an activating group) is 1. The van der Waals surface area contributed by atoms with Gasteiger partial charge in [0.1, 0.15) is 0 Å². The summed E-state index contributed by atoms with van der Waals surface area (Å²) in [5, 5.41) is 0. The first-order chi connectivity index (χ1) is 5.38. The second-order valence-corrected chi connectivity index (χ2v) is 5.05. The van der Waals surface area contributed by atoms with Gasteiger partial charge in [0, 0.05) is 12.6 Å². The van der Waals surface area contributed by atoms with Gasteiger partial charge >= 0.3 is 0 Å². The molecule has 1 unspecified atom stereocenters. The van der Waals surface area contributed by atoms with Gasteiger partial charge in [-0.3, -0.25) is 4.18 Å². The van der Waals surface area contributed by atoms with Crippen molar-refractivity contribution < 1.29 is 12.6 Å². The minimum atomic E-state index is -3.28. The zero-order valence-electron chi connectivity index (χ0n) is 7.65. The predicted molar refractivity (Wildman–Crippen MR) is 46.4 cm³/mol. The Labute approximate surface area is 73.6 Å². The van der Waals surface area contributed by atoms with Gasteiger partial charge in [0.25, 0.3) is 10.1 Å². The lowest BCUT2D eigenvalue weighted by atomic mass is 10.2. The molecule has 0 saturated carbocycles. The summed E-state index contributed by atoms with van der Waals surface area (Å²) in [6, 6.07) is 0.414. The van der Waals surface area contributed by atoms with Crippen LogP contribution >= 0.6 is 0 Å². The van der Waals surface area contributed by atoms with Crippen LogP contribution in [-0.4, -0.2) is 45.3 Å². The fourth-order valence-corrected chi connectivity index (χ4v) is 2.09. The van der Waals surface area contributed by atoms with Gasteiger partial charge in [0.2, 0.25) is 0 Å². The Morgan fingerprint density at radius 2 is 2.08 bits per heavy atom. The fraction of sp³-hybridized carbons (Fsp3) is 1.00. The summed E-state index contributed by atoms with van der Waals surface area (Å²) in [7, 11) is -1.31. The number of rotatable bonds is 2. The molecule has 0 aliphatic carbocycles. The largest absolute Gasteiger partial charge is 0.301 e. The number of hydrogen-bond donors (Lipinski definition) is 0. The monoisotopic (exact) mass is 193 g/mol. The van der Waals surface area contributed by atoms with Crippen molar-refractivity contribution >= 4 is 10.1 Å². The summed E-state index contributed by atoms with van der Waals surface area (Å²) in [5.74, 6) is 0. The van der Waals surface area contributed by atoms with Gasteiger partial charge in [-0.2, -0.15) is 8.42 Å². The lowest BCUT2D eigenvalue weighted by Crippen LogP contribution is -2.23. The highest BCUT2D eigenvalue weighted by Crippen LogP contribution is 2.18. The van der Waals surface area contributed by atoms with Crippen molar-refractivity contribution in [1.29, 1.82) is 0 Å². The Morgan fingerprint density at radius 1 is 1.50 bits per heavy atom. The average molecular weight is 193 g/mol. The maximum absolute atomic E-state index is 10.8. The number of likely N-dealkylation sites (tertiary alicyclic amines) is 1. The smallest absolute Gasteiger partial charge is 0.264 e. The van der Waals surface area contributed by atoms with E-state index in [1.807, 2.05) is 7.05 Å². The molecule has 4 nitrogen and oxygen atoms in total. The van der Waals surface area contributed by atoms with Crippen molar-refractivity contribution in [3.05, 3.63) is 0 Å². The Hall–Kier alpha value is -0.130. The van der Waals surface area contributed by atoms with Gasteiger partial charge in [-0.1, -0.05) is 0 Å². The van der Waals surface area contributed by atoms with Gasteiger partial charge < -0.3 is 4.90 Å². The molecule has 0 bridgehead atoms. The molecule has 0 aromatic heterocycles. The second kappa shape index (κ2) is 3.32. The van der Waals surface area contributed by atoms with E-state index in [0.717, 1.165) is 12.7 Å². The molecule has 0 aromatic carbocycles. The van der Waals surface area contributed by atoms with Crippen LogP contribution in [0.1, 0.15) is 13.3 Å². The predicted octanol–water partition coefficient (Wildman–Crippen LogP) is 0.0552. The molecule has 1 aliphatic heterocycles. The van der Waals surface area contributed by atoms with E-state index in [1.54, 1.807) is 0 Å². The van der Waals surface area contributed by atoms with E-state index >= 15 is 0 Å². The Kier molecular flexibility index (Phi) is 2.75. The second-order valence-electron chi connectivity index (χ2n) is 3.45. The number of nitrogens with zero attached hydrogens (tertiary/aromatic N) is 1. The highest BCUT2D eigenvalue weighted by Gasteiger charge is 2.29. The first kappa shape index (κ1) is 9.95. The molecule has 1 rings (SSSR count).